The van der Waals surface area contributed by atoms with E-state index in [1.54, 1.807) is 17.6 Å². The highest BCUT2D eigenvalue weighted by Gasteiger charge is 2.06. The molecule has 0 aliphatic rings. The van der Waals surface area contributed by atoms with Gasteiger partial charge in [-0.3, -0.25) is 14.8 Å². The summed E-state index contributed by atoms with van der Waals surface area (Å²) in [6.07, 6.45) is 4.02. The summed E-state index contributed by atoms with van der Waals surface area (Å²) in [6.45, 7) is 0.542. The first-order chi connectivity index (χ1) is 8.24. The van der Waals surface area contributed by atoms with E-state index in [0.29, 0.717) is 25.1 Å². The number of amides is 2. The Kier molecular flexibility index (Phi) is 5.81. The number of furan rings is 1. The summed E-state index contributed by atoms with van der Waals surface area (Å²) < 4.78 is 4.93. The van der Waals surface area contributed by atoms with Gasteiger partial charge in [0.15, 0.2) is 5.76 Å². The zero-order chi connectivity index (χ0) is 12.5. The highest BCUT2D eigenvalue weighted by atomic mass is 16.5. The van der Waals surface area contributed by atoms with Gasteiger partial charge in [0, 0.05) is 13.0 Å². The molecular weight excluding hydrogens is 224 g/mol. The first-order valence-corrected chi connectivity index (χ1v) is 5.48. The molecule has 0 aromatic carbocycles. The van der Waals surface area contributed by atoms with E-state index in [0.717, 1.165) is 12.8 Å². The summed E-state index contributed by atoms with van der Waals surface area (Å²) in [5.41, 5.74) is 1.57. The van der Waals surface area contributed by atoms with Crippen LogP contribution in [0.1, 0.15) is 36.2 Å². The fourth-order valence-corrected chi connectivity index (χ4v) is 1.34. The lowest BCUT2D eigenvalue weighted by molar-refractivity contribution is -0.129. The van der Waals surface area contributed by atoms with Crippen molar-refractivity contribution < 1.29 is 19.2 Å². The van der Waals surface area contributed by atoms with Crippen molar-refractivity contribution >= 4 is 11.8 Å². The molecule has 2 amide bonds. The minimum Gasteiger partial charge on any atom is -0.459 e. The van der Waals surface area contributed by atoms with Crippen LogP contribution in [-0.2, 0) is 4.79 Å². The Labute approximate surface area is 99.0 Å². The van der Waals surface area contributed by atoms with Crippen LogP contribution in [0.5, 0.6) is 0 Å². The normalized spacial score (nSPS) is 9.94. The molecule has 1 aromatic rings. The van der Waals surface area contributed by atoms with Gasteiger partial charge in [0.25, 0.3) is 5.91 Å². The van der Waals surface area contributed by atoms with Gasteiger partial charge < -0.3 is 9.73 Å². The molecule has 0 saturated carbocycles. The highest BCUT2D eigenvalue weighted by molar-refractivity contribution is 5.91. The summed E-state index contributed by atoms with van der Waals surface area (Å²) in [5, 5.41) is 11.0. The fraction of sp³-hybridized carbons (Fsp3) is 0.455. The molecule has 6 nitrogen and oxygen atoms in total. The van der Waals surface area contributed by atoms with Gasteiger partial charge in [-0.15, -0.1) is 0 Å². The summed E-state index contributed by atoms with van der Waals surface area (Å²) in [4.78, 5) is 22.1. The van der Waals surface area contributed by atoms with Gasteiger partial charge in [-0.05, 0) is 25.0 Å². The molecule has 0 aliphatic heterocycles. The van der Waals surface area contributed by atoms with Gasteiger partial charge in [0.1, 0.15) is 0 Å². The molecule has 0 saturated heterocycles. The molecule has 1 heterocycles. The first kappa shape index (κ1) is 13.2. The molecule has 0 radical (unpaired) electrons. The predicted octanol–water partition coefficient (Wildman–Crippen LogP) is 1.08. The molecule has 0 atom stereocenters. The summed E-state index contributed by atoms with van der Waals surface area (Å²) in [5.74, 6) is -0.322. The quantitative estimate of drug-likeness (QED) is 0.378. The van der Waals surface area contributed by atoms with Crippen molar-refractivity contribution in [3.05, 3.63) is 24.2 Å². The topological polar surface area (TPSA) is 91.6 Å². The van der Waals surface area contributed by atoms with Crippen LogP contribution in [0.15, 0.2) is 22.8 Å². The average Bonchev–Trinajstić information content (AvgIpc) is 2.86. The van der Waals surface area contributed by atoms with Crippen molar-refractivity contribution in [2.75, 3.05) is 6.54 Å². The molecule has 0 unspecified atom stereocenters. The number of unbranched alkanes of at least 4 members (excludes halogenated alkanes) is 2. The van der Waals surface area contributed by atoms with E-state index in [4.69, 9.17) is 9.62 Å². The second-order valence-corrected chi connectivity index (χ2v) is 3.58. The maximum Gasteiger partial charge on any atom is 0.286 e. The molecule has 0 fully saturated rings. The van der Waals surface area contributed by atoms with Gasteiger partial charge in [-0.2, -0.15) is 0 Å². The zero-order valence-electron chi connectivity index (χ0n) is 9.44. The Morgan fingerprint density at radius 1 is 1.29 bits per heavy atom. The number of carbonyl (C=O) groups excluding carboxylic acids is 2. The van der Waals surface area contributed by atoms with Crippen molar-refractivity contribution in [1.29, 1.82) is 0 Å². The monoisotopic (exact) mass is 240 g/mol. The van der Waals surface area contributed by atoms with Gasteiger partial charge in [-0.1, -0.05) is 6.42 Å². The number of hydroxylamine groups is 1. The van der Waals surface area contributed by atoms with E-state index in [1.165, 1.54) is 6.26 Å². The van der Waals surface area contributed by atoms with Crippen LogP contribution in [0, 0.1) is 0 Å². The Hall–Kier alpha value is -1.82. The number of hydrogen-bond acceptors (Lipinski definition) is 4. The second-order valence-electron chi connectivity index (χ2n) is 3.58. The van der Waals surface area contributed by atoms with E-state index in [1.807, 2.05) is 0 Å². The number of carbonyl (C=O) groups is 2. The SMILES string of the molecule is O=C(CCCCCNC(=O)c1ccco1)NO. The van der Waals surface area contributed by atoms with Crippen LogP contribution in [0.3, 0.4) is 0 Å². The van der Waals surface area contributed by atoms with Crippen molar-refractivity contribution in [2.45, 2.75) is 25.7 Å². The molecule has 17 heavy (non-hydrogen) atoms. The highest BCUT2D eigenvalue weighted by Crippen LogP contribution is 2.01. The van der Waals surface area contributed by atoms with Gasteiger partial charge in [0.2, 0.25) is 5.91 Å². The van der Waals surface area contributed by atoms with Crippen molar-refractivity contribution in [3.63, 3.8) is 0 Å². The summed E-state index contributed by atoms with van der Waals surface area (Å²) in [7, 11) is 0. The molecule has 0 spiro atoms. The standard InChI is InChI=1S/C11H16N2O4/c14-10(13-16)6-2-1-3-7-12-11(15)9-5-4-8-17-9/h4-5,8,16H,1-3,6-7H2,(H,12,15)(H,13,14). The molecular formula is C11H16N2O4. The number of hydrogen-bond donors (Lipinski definition) is 3. The third-order valence-electron chi connectivity index (χ3n) is 2.24. The first-order valence-electron chi connectivity index (χ1n) is 5.48. The maximum absolute atomic E-state index is 11.4. The average molecular weight is 240 g/mol. The lowest BCUT2D eigenvalue weighted by atomic mass is 10.2. The van der Waals surface area contributed by atoms with Gasteiger partial charge >= 0.3 is 0 Å². The third kappa shape index (κ3) is 5.17. The van der Waals surface area contributed by atoms with Crippen LogP contribution in [0.2, 0.25) is 0 Å². The van der Waals surface area contributed by atoms with Crippen molar-refractivity contribution in [3.8, 4) is 0 Å². The van der Waals surface area contributed by atoms with Crippen LogP contribution in [0.4, 0.5) is 0 Å². The molecule has 1 aromatic heterocycles. The van der Waals surface area contributed by atoms with Crippen LogP contribution in [0.25, 0.3) is 0 Å². The molecule has 0 aliphatic carbocycles. The summed E-state index contributed by atoms with van der Waals surface area (Å²) in [6, 6.07) is 3.25. The number of rotatable bonds is 7. The van der Waals surface area contributed by atoms with E-state index < -0.39 is 0 Å². The van der Waals surface area contributed by atoms with E-state index in [2.05, 4.69) is 5.32 Å². The third-order valence-corrected chi connectivity index (χ3v) is 2.24. The smallest absolute Gasteiger partial charge is 0.286 e. The minimum atomic E-state index is -0.385. The minimum absolute atomic E-state index is 0.233. The summed E-state index contributed by atoms with van der Waals surface area (Å²) >= 11 is 0. The van der Waals surface area contributed by atoms with E-state index >= 15 is 0 Å². The Balaban J connectivity index is 2.01. The fourth-order valence-electron chi connectivity index (χ4n) is 1.34. The van der Waals surface area contributed by atoms with Crippen molar-refractivity contribution in [2.24, 2.45) is 0 Å². The Morgan fingerprint density at radius 3 is 2.76 bits per heavy atom. The van der Waals surface area contributed by atoms with Gasteiger partial charge in [-0.25, -0.2) is 5.48 Å². The molecule has 94 valence electrons. The lowest BCUT2D eigenvalue weighted by Gasteiger charge is -2.02. The van der Waals surface area contributed by atoms with Crippen LogP contribution >= 0.6 is 0 Å². The molecule has 0 bridgehead atoms. The zero-order valence-corrected chi connectivity index (χ0v) is 9.44. The van der Waals surface area contributed by atoms with Crippen molar-refractivity contribution in [1.82, 2.24) is 10.8 Å². The number of nitrogens with one attached hydrogen (secondary N) is 2. The largest absolute Gasteiger partial charge is 0.459 e. The maximum atomic E-state index is 11.4. The Bertz CT molecular complexity index is 348. The van der Waals surface area contributed by atoms with E-state index in [-0.39, 0.29) is 11.8 Å². The lowest BCUT2D eigenvalue weighted by Crippen LogP contribution is -2.24. The predicted molar refractivity (Wildman–Crippen MR) is 59.4 cm³/mol. The van der Waals surface area contributed by atoms with Crippen LogP contribution < -0.4 is 10.8 Å². The van der Waals surface area contributed by atoms with Crippen LogP contribution in [-0.4, -0.2) is 23.6 Å². The molecule has 1 rings (SSSR count). The van der Waals surface area contributed by atoms with Gasteiger partial charge in [0.05, 0.1) is 6.26 Å². The molecule has 6 heteroatoms. The second kappa shape index (κ2) is 7.45. The van der Waals surface area contributed by atoms with E-state index in [9.17, 15) is 9.59 Å². The Morgan fingerprint density at radius 2 is 2.12 bits per heavy atom. The molecule has 3 N–H and O–H groups in total.